The average Bonchev–Trinajstić information content (AvgIpc) is 3.74. The fourth-order valence-electron chi connectivity index (χ4n) is 6.12. The van der Waals surface area contributed by atoms with Crippen LogP contribution in [0.3, 0.4) is 0 Å². The molecule has 4 unspecified atom stereocenters. The molecule has 0 radical (unpaired) electrons. The summed E-state index contributed by atoms with van der Waals surface area (Å²) >= 11 is 0. The molecule has 1 heterocycles. The van der Waals surface area contributed by atoms with E-state index < -0.39 is 17.6 Å². The van der Waals surface area contributed by atoms with Gasteiger partial charge in [0, 0.05) is 24.3 Å². The van der Waals surface area contributed by atoms with Crippen molar-refractivity contribution in [2.45, 2.75) is 63.6 Å². The van der Waals surface area contributed by atoms with E-state index in [1.807, 2.05) is 24.9 Å². The van der Waals surface area contributed by atoms with Crippen LogP contribution in [0.25, 0.3) is 0 Å². The van der Waals surface area contributed by atoms with E-state index in [1.54, 1.807) is 12.1 Å². The van der Waals surface area contributed by atoms with Crippen LogP contribution in [0, 0.1) is 24.7 Å². The largest absolute Gasteiger partial charge is 0.416 e. The second-order valence-electron chi connectivity index (χ2n) is 11.4. The fourth-order valence-corrected chi connectivity index (χ4v) is 6.12. The summed E-state index contributed by atoms with van der Waals surface area (Å²) in [5.41, 5.74) is 2.54. The minimum absolute atomic E-state index is 0.0677. The van der Waals surface area contributed by atoms with Crippen LogP contribution < -0.4 is 5.32 Å². The van der Waals surface area contributed by atoms with Crippen molar-refractivity contribution in [3.63, 3.8) is 0 Å². The number of hydrogen-bond donors (Lipinski definition) is 1. The van der Waals surface area contributed by atoms with E-state index in [0.29, 0.717) is 23.4 Å². The Bertz CT molecular complexity index is 1310. The number of piperidine rings is 1. The number of hydrogen-bond acceptors (Lipinski definition) is 2. The number of nitrogens with one attached hydrogen (secondary N) is 1. The van der Waals surface area contributed by atoms with Gasteiger partial charge in [0.2, 0.25) is 5.91 Å². The molecular formula is C32H35F3N2O2. The van der Waals surface area contributed by atoms with E-state index in [4.69, 9.17) is 0 Å². The minimum atomic E-state index is -4.53. The van der Waals surface area contributed by atoms with Crippen LogP contribution in [0.4, 0.5) is 18.9 Å². The number of fused-ring (bicyclic) bond motifs is 1. The summed E-state index contributed by atoms with van der Waals surface area (Å²) in [6.45, 7) is 6.32. The molecule has 0 spiro atoms. The molecule has 2 aliphatic carbocycles. The fraction of sp³-hybridized carbons (Fsp3) is 0.438. The Morgan fingerprint density at radius 1 is 1.08 bits per heavy atom. The third-order valence-corrected chi connectivity index (χ3v) is 8.68. The van der Waals surface area contributed by atoms with Crippen LogP contribution in [0.2, 0.25) is 0 Å². The van der Waals surface area contributed by atoms with E-state index in [2.05, 4.69) is 24.0 Å². The number of likely N-dealkylation sites (tertiary alicyclic amines) is 1. The van der Waals surface area contributed by atoms with Crippen molar-refractivity contribution in [2.75, 3.05) is 12.4 Å². The monoisotopic (exact) mass is 536 g/mol. The normalized spacial score (nSPS) is 25.9. The molecule has 5 rings (SSSR count). The predicted molar refractivity (Wildman–Crippen MR) is 146 cm³/mol. The lowest BCUT2D eigenvalue weighted by Crippen LogP contribution is -2.49. The summed E-state index contributed by atoms with van der Waals surface area (Å²) in [6.07, 6.45) is 6.19. The van der Waals surface area contributed by atoms with E-state index >= 15 is 0 Å². The second kappa shape index (κ2) is 10.7. The number of rotatable bonds is 5. The summed E-state index contributed by atoms with van der Waals surface area (Å²) in [5.74, 6) is 0.443. The van der Waals surface area contributed by atoms with Gasteiger partial charge in [-0.25, -0.2) is 0 Å². The first kappa shape index (κ1) is 27.2. The molecule has 1 saturated heterocycles. The maximum atomic E-state index is 13.7. The zero-order valence-electron chi connectivity index (χ0n) is 22.4. The van der Waals surface area contributed by atoms with Gasteiger partial charge < -0.3 is 10.2 Å². The minimum Gasteiger partial charge on any atom is -0.342 e. The summed E-state index contributed by atoms with van der Waals surface area (Å²) in [4.78, 5) is 28.4. The third kappa shape index (κ3) is 5.97. The Morgan fingerprint density at radius 3 is 2.56 bits per heavy atom. The number of nitrogens with zero attached hydrogens (tertiary/aromatic N) is 1. The Balaban J connectivity index is 1.34. The number of alkyl halides is 3. The standard InChI is InChI=1S/C32H35F3N2O2/c1-19-7-12-23-16-28(31(39)37(3)29(23)17-22(19)13-11-21-9-10-21)27-18-26(14-8-20(27)2)36-30(38)24-5-4-6-25(15-24)32(33,34)35/h4-6,8,11,13-15,18,21-23,28-29H,1,7,9-10,12,16-17H2,2-3H3,(H,36,38)/b13-11+. The molecule has 0 bridgehead atoms. The zero-order chi connectivity index (χ0) is 27.9. The van der Waals surface area contributed by atoms with Crippen molar-refractivity contribution < 1.29 is 22.8 Å². The lowest BCUT2D eigenvalue weighted by atomic mass is 9.76. The van der Waals surface area contributed by atoms with Crippen LogP contribution >= 0.6 is 0 Å². The molecule has 3 aliphatic rings. The van der Waals surface area contributed by atoms with Gasteiger partial charge in [0.15, 0.2) is 0 Å². The number of carbonyl (C=O) groups excluding carboxylic acids is 2. The highest BCUT2D eigenvalue weighted by atomic mass is 19.4. The number of benzene rings is 2. The highest BCUT2D eigenvalue weighted by Crippen LogP contribution is 2.44. The third-order valence-electron chi connectivity index (χ3n) is 8.68. The van der Waals surface area contributed by atoms with Crippen molar-refractivity contribution in [1.29, 1.82) is 0 Å². The van der Waals surface area contributed by atoms with E-state index in [9.17, 15) is 22.8 Å². The van der Waals surface area contributed by atoms with Gasteiger partial charge in [-0.3, -0.25) is 9.59 Å². The average molecular weight is 537 g/mol. The summed E-state index contributed by atoms with van der Waals surface area (Å²) in [6, 6.07) is 9.89. The number of anilines is 1. The number of allylic oxidation sites excluding steroid dienone is 3. The maximum Gasteiger partial charge on any atom is 0.416 e. The Kier molecular flexibility index (Phi) is 7.45. The molecule has 0 aromatic heterocycles. The van der Waals surface area contributed by atoms with Crippen molar-refractivity contribution in [3.8, 4) is 0 Å². The number of aryl methyl sites for hydroxylation is 1. The predicted octanol–water partition coefficient (Wildman–Crippen LogP) is 7.52. The van der Waals surface area contributed by atoms with Crippen molar-refractivity contribution >= 4 is 17.5 Å². The number of amides is 2. The van der Waals surface area contributed by atoms with Crippen LogP contribution in [0.5, 0.6) is 0 Å². The van der Waals surface area contributed by atoms with Crippen molar-refractivity contribution in [3.05, 3.63) is 89.0 Å². The molecule has 2 amide bonds. The van der Waals surface area contributed by atoms with Gasteiger partial charge in [0.25, 0.3) is 5.91 Å². The molecule has 206 valence electrons. The summed E-state index contributed by atoms with van der Waals surface area (Å²) in [7, 11) is 1.90. The van der Waals surface area contributed by atoms with Gasteiger partial charge in [-0.2, -0.15) is 13.2 Å². The molecule has 39 heavy (non-hydrogen) atoms. The highest BCUT2D eigenvalue weighted by molar-refractivity contribution is 6.04. The summed E-state index contributed by atoms with van der Waals surface area (Å²) < 4.78 is 39.3. The van der Waals surface area contributed by atoms with Gasteiger partial charge in [0.05, 0.1) is 11.5 Å². The first-order valence-corrected chi connectivity index (χ1v) is 13.7. The number of halogens is 3. The Hall–Kier alpha value is -3.35. The van der Waals surface area contributed by atoms with Crippen molar-refractivity contribution in [1.82, 2.24) is 4.90 Å². The van der Waals surface area contributed by atoms with E-state index in [1.165, 1.54) is 30.5 Å². The quantitative estimate of drug-likeness (QED) is 0.402. The van der Waals surface area contributed by atoms with Gasteiger partial charge in [-0.05, 0) is 105 Å². The number of carbonyl (C=O) groups is 2. The smallest absolute Gasteiger partial charge is 0.342 e. The topological polar surface area (TPSA) is 49.4 Å². The lowest BCUT2D eigenvalue weighted by molar-refractivity contribution is -0.139. The number of likely N-dealkylation sites (N-methyl/N-ethyl adjacent to an activating group) is 1. The molecule has 1 aliphatic heterocycles. The first-order chi connectivity index (χ1) is 18.5. The van der Waals surface area contributed by atoms with E-state index in [-0.39, 0.29) is 23.4 Å². The van der Waals surface area contributed by atoms with Gasteiger partial charge >= 0.3 is 6.18 Å². The first-order valence-electron chi connectivity index (χ1n) is 13.7. The molecular weight excluding hydrogens is 501 g/mol. The second-order valence-corrected chi connectivity index (χ2v) is 11.4. The molecule has 4 atom stereocenters. The van der Waals surface area contributed by atoms with Gasteiger partial charge in [0.1, 0.15) is 0 Å². The zero-order valence-corrected chi connectivity index (χ0v) is 22.4. The maximum absolute atomic E-state index is 13.7. The Morgan fingerprint density at radius 2 is 1.85 bits per heavy atom. The highest BCUT2D eigenvalue weighted by Gasteiger charge is 2.43. The van der Waals surface area contributed by atoms with E-state index in [0.717, 1.165) is 48.9 Å². The van der Waals surface area contributed by atoms with Crippen molar-refractivity contribution in [2.24, 2.45) is 17.8 Å². The van der Waals surface area contributed by atoms with Gasteiger partial charge in [-0.1, -0.05) is 36.4 Å². The van der Waals surface area contributed by atoms with Crippen LogP contribution in [0.15, 0.2) is 66.8 Å². The SMILES string of the molecule is C=C1CCC2CC(c3cc(NC(=O)c4cccc(C(F)(F)F)c4)ccc3C)C(=O)N(C)C2CC1/C=C/C1CC1. The molecule has 2 saturated carbocycles. The molecule has 2 aromatic carbocycles. The molecule has 1 N–H and O–H groups in total. The molecule has 3 fully saturated rings. The van der Waals surface area contributed by atoms with Crippen LogP contribution in [-0.2, 0) is 11.0 Å². The molecule has 4 nitrogen and oxygen atoms in total. The molecule has 7 heteroatoms. The Labute approximate surface area is 228 Å². The van der Waals surface area contributed by atoms with Gasteiger partial charge in [-0.15, -0.1) is 0 Å². The summed E-state index contributed by atoms with van der Waals surface area (Å²) in [5, 5.41) is 2.73. The van der Waals surface area contributed by atoms with Crippen LogP contribution in [-0.4, -0.2) is 29.8 Å². The lowest BCUT2D eigenvalue weighted by Gasteiger charge is -2.43. The van der Waals surface area contributed by atoms with Crippen LogP contribution in [0.1, 0.15) is 71.5 Å². The molecule has 2 aromatic rings.